The highest BCUT2D eigenvalue weighted by Crippen LogP contribution is 2.36. The second kappa shape index (κ2) is 7.84. The van der Waals surface area contributed by atoms with Crippen molar-refractivity contribution in [2.75, 3.05) is 22.4 Å². The van der Waals surface area contributed by atoms with Crippen molar-refractivity contribution in [2.45, 2.75) is 19.4 Å². The highest BCUT2D eigenvalue weighted by atomic mass is 127. The van der Waals surface area contributed by atoms with Gasteiger partial charge in [0.15, 0.2) is 6.10 Å². The van der Waals surface area contributed by atoms with Gasteiger partial charge in [-0.05, 0) is 71.5 Å². The maximum Gasteiger partial charge on any atom is 0.265 e. The van der Waals surface area contributed by atoms with E-state index in [0.29, 0.717) is 22.1 Å². The molecular formula is C18H18ClIN2O4S. The summed E-state index contributed by atoms with van der Waals surface area (Å²) in [5.41, 5.74) is 1.98. The van der Waals surface area contributed by atoms with Crippen LogP contribution in [-0.2, 0) is 14.8 Å². The number of carbonyl (C=O) groups excluding carboxylic acids is 1. The van der Waals surface area contributed by atoms with Gasteiger partial charge in [0.05, 0.1) is 11.9 Å². The second-order valence-electron chi connectivity index (χ2n) is 6.29. The Morgan fingerprint density at radius 3 is 2.70 bits per heavy atom. The molecule has 1 heterocycles. The van der Waals surface area contributed by atoms with Crippen LogP contribution in [0.15, 0.2) is 36.4 Å². The molecule has 1 unspecified atom stereocenters. The molecule has 1 atom stereocenters. The van der Waals surface area contributed by atoms with Gasteiger partial charge in [-0.15, -0.1) is 0 Å². The summed E-state index contributed by atoms with van der Waals surface area (Å²) in [4.78, 5) is 12.8. The number of benzene rings is 2. The highest BCUT2D eigenvalue weighted by Gasteiger charge is 2.31. The smallest absolute Gasteiger partial charge is 0.265 e. The van der Waals surface area contributed by atoms with Gasteiger partial charge in [0.25, 0.3) is 5.91 Å². The number of hydrogen-bond acceptors (Lipinski definition) is 4. The van der Waals surface area contributed by atoms with Crippen molar-refractivity contribution < 1.29 is 17.9 Å². The minimum atomic E-state index is -3.54. The van der Waals surface area contributed by atoms with E-state index in [1.165, 1.54) is 10.4 Å². The Kier molecular flexibility index (Phi) is 5.87. The molecule has 6 nitrogen and oxygen atoms in total. The Labute approximate surface area is 177 Å². The number of amides is 1. The third-order valence-electron chi connectivity index (χ3n) is 4.19. The van der Waals surface area contributed by atoms with Crippen LogP contribution in [0.4, 0.5) is 11.4 Å². The lowest BCUT2D eigenvalue weighted by Crippen LogP contribution is -2.36. The molecule has 2 aromatic rings. The van der Waals surface area contributed by atoms with Gasteiger partial charge in [-0.1, -0.05) is 11.6 Å². The number of fused-ring (bicyclic) bond motifs is 1. The molecule has 0 radical (unpaired) electrons. The van der Waals surface area contributed by atoms with Crippen molar-refractivity contribution in [2.24, 2.45) is 0 Å². The molecular weight excluding hydrogens is 503 g/mol. The van der Waals surface area contributed by atoms with E-state index in [1.807, 2.05) is 25.1 Å². The van der Waals surface area contributed by atoms with E-state index in [0.717, 1.165) is 15.4 Å². The van der Waals surface area contributed by atoms with Gasteiger partial charge in [-0.2, -0.15) is 0 Å². The number of nitrogens with one attached hydrogen (secondary N) is 1. The second-order valence-corrected chi connectivity index (χ2v) is 9.88. The molecule has 0 saturated carbocycles. The zero-order valence-electron chi connectivity index (χ0n) is 14.7. The van der Waals surface area contributed by atoms with Crippen LogP contribution in [-0.4, -0.2) is 33.2 Å². The van der Waals surface area contributed by atoms with Crippen molar-refractivity contribution in [3.8, 4) is 5.75 Å². The lowest BCUT2D eigenvalue weighted by molar-refractivity contribution is -0.122. The summed E-state index contributed by atoms with van der Waals surface area (Å²) in [6.45, 7) is 2.03. The molecule has 1 aliphatic heterocycles. The zero-order chi connectivity index (χ0) is 19.8. The van der Waals surface area contributed by atoms with Crippen LogP contribution in [0.2, 0.25) is 5.02 Å². The van der Waals surface area contributed by atoms with Gasteiger partial charge < -0.3 is 10.1 Å². The Morgan fingerprint density at radius 1 is 1.30 bits per heavy atom. The topological polar surface area (TPSA) is 75.7 Å². The van der Waals surface area contributed by atoms with Crippen LogP contribution >= 0.6 is 34.2 Å². The van der Waals surface area contributed by atoms with E-state index >= 15 is 0 Å². The molecule has 0 bridgehead atoms. The van der Waals surface area contributed by atoms with E-state index in [2.05, 4.69) is 27.9 Å². The van der Waals surface area contributed by atoms with Gasteiger partial charge >= 0.3 is 0 Å². The van der Waals surface area contributed by atoms with E-state index in [9.17, 15) is 13.2 Å². The predicted molar refractivity (Wildman–Crippen MR) is 115 cm³/mol. The minimum absolute atomic E-state index is 0.121. The number of aryl methyl sites for hydroxylation is 1. The number of hydrogen-bond donors (Lipinski definition) is 1. The molecule has 144 valence electrons. The summed E-state index contributed by atoms with van der Waals surface area (Å²) in [7, 11) is -3.54. The number of carbonyl (C=O) groups is 1. The van der Waals surface area contributed by atoms with Crippen molar-refractivity contribution in [3.63, 3.8) is 0 Å². The average Bonchev–Trinajstić information content (AvgIpc) is 2.76. The van der Waals surface area contributed by atoms with Crippen LogP contribution < -0.4 is 14.4 Å². The van der Waals surface area contributed by atoms with E-state index in [4.69, 9.17) is 16.3 Å². The third-order valence-corrected chi connectivity index (χ3v) is 6.28. The maximum atomic E-state index is 12.8. The first kappa shape index (κ1) is 20.2. The van der Waals surface area contributed by atoms with E-state index in [1.54, 1.807) is 12.1 Å². The maximum absolute atomic E-state index is 12.8. The summed E-state index contributed by atoms with van der Waals surface area (Å²) >= 11 is 8.23. The quantitative estimate of drug-likeness (QED) is 0.625. The number of halogens is 2. The summed E-state index contributed by atoms with van der Waals surface area (Å²) in [5.74, 6) is -0.0163. The summed E-state index contributed by atoms with van der Waals surface area (Å²) < 4.78 is 32.5. The fraction of sp³-hybridized carbons (Fsp3) is 0.278. The molecule has 0 aromatic heterocycles. The lowest BCUT2D eigenvalue weighted by Gasteiger charge is -2.21. The fourth-order valence-electron chi connectivity index (χ4n) is 2.86. The Morgan fingerprint density at radius 2 is 2.04 bits per heavy atom. The number of sulfonamides is 1. The number of rotatable bonds is 3. The largest absolute Gasteiger partial charge is 0.478 e. The van der Waals surface area contributed by atoms with Crippen LogP contribution in [0.25, 0.3) is 0 Å². The molecule has 1 N–H and O–H groups in total. The lowest BCUT2D eigenvalue weighted by atomic mass is 10.2. The monoisotopic (exact) mass is 520 g/mol. The molecule has 3 rings (SSSR count). The standard InChI is InChI=1S/C18H18ClIN2O4S/c1-11-9-13(20)4-5-14(11)21-18(23)17-7-8-22(27(2,24)25)15-10-12(19)3-6-16(15)26-17/h3-6,9-10,17H,7-8H2,1-2H3,(H,21,23). The summed E-state index contributed by atoms with van der Waals surface area (Å²) in [6.07, 6.45) is 0.511. The molecule has 1 amide bonds. The van der Waals surface area contributed by atoms with Gasteiger partial charge in [-0.3, -0.25) is 9.10 Å². The first-order chi connectivity index (χ1) is 12.6. The van der Waals surface area contributed by atoms with Crippen LogP contribution in [0.5, 0.6) is 5.75 Å². The van der Waals surface area contributed by atoms with Crippen LogP contribution in [0.3, 0.4) is 0 Å². The van der Waals surface area contributed by atoms with Gasteiger partial charge in [0, 0.05) is 27.2 Å². The summed E-state index contributed by atoms with van der Waals surface area (Å²) in [5, 5.41) is 3.26. The molecule has 27 heavy (non-hydrogen) atoms. The first-order valence-corrected chi connectivity index (χ1v) is 11.5. The Bertz CT molecular complexity index is 997. The third kappa shape index (κ3) is 4.67. The van der Waals surface area contributed by atoms with Crippen molar-refractivity contribution in [1.82, 2.24) is 0 Å². The number of nitrogens with zero attached hydrogens (tertiary/aromatic N) is 1. The highest BCUT2D eigenvalue weighted by molar-refractivity contribution is 14.1. The molecule has 0 fully saturated rings. The molecule has 9 heteroatoms. The first-order valence-electron chi connectivity index (χ1n) is 8.16. The summed E-state index contributed by atoms with van der Waals surface area (Å²) in [6, 6.07) is 10.4. The zero-order valence-corrected chi connectivity index (χ0v) is 18.4. The molecule has 0 aliphatic carbocycles. The number of ether oxygens (including phenoxy) is 1. The van der Waals surface area contributed by atoms with Gasteiger partial charge in [0.1, 0.15) is 5.75 Å². The average molecular weight is 521 g/mol. The Hall–Kier alpha value is -1.52. The molecule has 2 aromatic carbocycles. The number of anilines is 2. The SMILES string of the molecule is Cc1cc(I)ccc1NC(=O)C1CCN(S(C)(=O)=O)c2cc(Cl)ccc2O1. The molecule has 0 saturated heterocycles. The molecule has 1 aliphatic rings. The minimum Gasteiger partial charge on any atom is -0.478 e. The van der Waals surface area contributed by atoms with Gasteiger partial charge in [0.2, 0.25) is 10.0 Å². The van der Waals surface area contributed by atoms with E-state index < -0.39 is 16.1 Å². The normalized spacial score (nSPS) is 16.9. The fourth-order valence-corrected chi connectivity index (χ4v) is 4.61. The van der Waals surface area contributed by atoms with E-state index in [-0.39, 0.29) is 18.9 Å². The predicted octanol–water partition coefficient (Wildman–Crippen LogP) is 3.81. The van der Waals surface area contributed by atoms with Crippen molar-refractivity contribution in [1.29, 1.82) is 0 Å². The molecule has 0 spiro atoms. The van der Waals surface area contributed by atoms with Gasteiger partial charge in [-0.25, -0.2) is 8.42 Å². The Balaban J connectivity index is 1.88. The van der Waals surface area contributed by atoms with Crippen molar-refractivity contribution in [3.05, 3.63) is 50.6 Å². The van der Waals surface area contributed by atoms with Crippen LogP contribution in [0, 0.1) is 10.5 Å². The van der Waals surface area contributed by atoms with Crippen molar-refractivity contribution >= 4 is 61.5 Å². The van der Waals surface area contributed by atoms with Crippen LogP contribution in [0.1, 0.15) is 12.0 Å².